The van der Waals surface area contributed by atoms with Crippen LogP contribution in [0.4, 0.5) is 0 Å². The van der Waals surface area contributed by atoms with Crippen LogP contribution < -0.4 is 4.72 Å². The predicted octanol–water partition coefficient (Wildman–Crippen LogP) is 0.855. The average molecular weight is 232 g/mol. The van der Waals surface area contributed by atoms with E-state index in [0.29, 0.717) is 19.4 Å². The van der Waals surface area contributed by atoms with E-state index in [1.807, 2.05) is 6.92 Å². The van der Waals surface area contributed by atoms with Gasteiger partial charge in [0, 0.05) is 19.0 Å². The molecule has 0 atom stereocenters. The predicted molar refractivity (Wildman–Crippen MR) is 57.0 cm³/mol. The van der Waals surface area contributed by atoms with Crippen molar-refractivity contribution in [2.75, 3.05) is 12.3 Å². The highest BCUT2D eigenvalue weighted by Gasteiger charge is 2.08. The molecule has 1 aromatic heterocycles. The number of nitrogens with zero attached hydrogens (tertiary/aromatic N) is 1. The first-order valence-corrected chi connectivity index (χ1v) is 6.58. The van der Waals surface area contributed by atoms with Crippen LogP contribution in [0.25, 0.3) is 0 Å². The number of rotatable bonds is 6. The van der Waals surface area contributed by atoms with Gasteiger partial charge in [-0.15, -0.1) is 0 Å². The lowest BCUT2D eigenvalue weighted by atomic mass is 10.3. The zero-order valence-electron chi connectivity index (χ0n) is 8.99. The maximum atomic E-state index is 11.3. The highest BCUT2D eigenvalue weighted by molar-refractivity contribution is 7.89. The molecule has 0 amide bonds. The van der Waals surface area contributed by atoms with Gasteiger partial charge >= 0.3 is 0 Å². The minimum Gasteiger partial charge on any atom is -0.361 e. The molecule has 1 aromatic rings. The molecule has 0 radical (unpaired) electrons. The van der Waals surface area contributed by atoms with Crippen molar-refractivity contribution in [1.29, 1.82) is 0 Å². The summed E-state index contributed by atoms with van der Waals surface area (Å²) in [5, 5.41) is 3.77. The van der Waals surface area contributed by atoms with Gasteiger partial charge in [-0.2, -0.15) is 0 Å². The summed E-state index contributed by atoms with van der Waals surface area (Å²) < 4.78 is 29.9. The molecule has 0 unspecified atom stereocenters. The van der Waals surface area contributed by atoms with Crippen molar-refractivity contribution in [1.82, 2.24) is 9.88 Å². The van der Waals surface area contributed by atoms with Crippen LogP contribution in [0.2, 0.25) is 0 Å². The van der Waals surface area contributed by atoms with Crippen LogP contribution in [-0.2, 0) is 16.4 Å². The smallest absolute Gasteiger partial charge is 0.211 e. The van der Waals surface area contributed by atoms with Crippen molar-refractivity contribution in [3.63, 3.8) is 0 Å². The minimum absolute atomic E-state index is 0.171. The largest absolute Gasteiger partial charge is 0.361 e. The first kappa shape index (κ1) is 12.2. The van der Waals surface area contributed by atoms with Crippen LogP contribution in [0.5, 0.6) is 0 Å². The molecule has 0 saturated carbocycles. The van der Waals surface area contributed by atoms with Crippen molar-refractivity contribution in [3.8, 4) is 0 Å². The van der Waals surface area contributed by atoms with Gasteiger partial charge in [0.25, 0.3) is 0 Å². The zero-order valence-corrected chi connectivity index (χ0v) is 9.80. The van der Waals surface area contributed by atoms with Gasteiger partial charge in [0.2, 0.25) is 10.0 Å². The molecular formula is C9H16N2O3S. The van der Waals surface area contributed by atoms with Crippen molar-refractivity contribution < 1.29 is 12.9 Å². The van der Waals surface area contributed by atoms with Crippen LogP contribution in [-0.4, -0.2) is 25.9 Å². The van der Waals surface area contributed by atoms with E-state index in [2.05, 4.69) is 9.88 Å². The van der Waals surface area contributed by atoms with Crippen molar-refractivity contribution in [3.05, 3.63) is 17.5 Å². The Bertz CT molecular complexity index is 397. The van der Waals surface area contributed by atoms with E-state index in [9.17, 15) is 8.42 Å². The van der Waals surface area contributed by atoms with E-state index in [-0.39, 0.29) is 5.75 Å². The lowest BCUT2D eigenvalue weighted by molar-refractivity contribution is 0.390. The molecular weight excluding hydrogens is 216 g/mol. The fraction of sp³-hybridized carbons (Fsp3) is 0.667. The molecule has 1 heterocycles. The summed E-state index contributed by atoms with van der Waals surface area (Å²) in [6.45, 7) is 4.01. The Hall–Kier alpha value is -0.880. The van der Waals surface area contributed by atoms with Gasteiger partial charge in [0.1, 0.15) is 5.76 Å². The quantitative estimate of drug-likeness (QED) is 0.789. The van der Waals surface area contributed by atoms with Crippen LogP contribution >= 0.6 is 0 Å². The van der Waals surface area contributed by atoms with Gasteiger partial charge in [0.05, 0.1) is 11.4 Å². The third-order valence-corrected chi connectivity index (χ3v) is 3.44. The van der Waals surface area contributed by atoms with Crippen molar-refractivity contribution >= 4 is 10.0 Å². The molecule has 86 valence electrons. The van der Waals surface area contributed by atoms with E-state index < -0.39 is 10.0 Å². The molecule has 0 fully saturated rings. The van der Waals surface area contributed by atoms with E-state index in [1.54, 1.807) is 13.0 Å². The number of hydrogen-bond donors (Lipinski definition) is 1. The van der Waals surface area contributed by atoms with Gasteiger partial charge in [-0.05, 0) is 13.3 Å². The highest BCUT2D eigenvalue weighted by atomic mass is 32.2. The molecule has 0 aliphatic rings. The SMILES string of the molecule is CCCS(=O)(=O)NCCc1cc(C)on1. The van der Waals surface area contributed by atoms with Crippen LogP contribution in [0.3, 0.4) is 0 Å². The molecule has 0 aliphatic heterocycles. The molecule has 5 nitrogen and oxygen atoms in total. The molecule has 0 bridgehead atoms. The number of aromatic nitrogens is 1. The molecule has 1 N–H and O–H groups in total. The monoisotopic (exact) mass is 232 g/mol. The number of hydrogen-bond acceptors (Lipinski definition) is 4. The Balaban J connectivity index is 2.33. The summed E-state index contributed by atoms with van der Waals surface area (Å²) in [7, 11) is -3.10. The standard InChI is InChI=1S/C9H16N2O3S/c1-3-6-15(12,13)10-5-4-9-7-8(2)14-11-9/h7,10H,3-6H2,1-2H3. The highest BCUT2D eigenvalue weighted by Crippen LogP contribution is 2.01. The summed E-state index contributed by atoms with van der Waals surface area (Å²) in [4.78, 5) is 0. The molecule has 0 aliphatic carbocycles. The second-order valence-electron chi connectivity index (χ2n) is 3.39. The number of sulfonamides is 1. The fourth-order valence-corrected chi connectivity index (χ4v) is 2.31. The van der Waals surface area contributed by atoms with Gasteiger partial charge < -0.3 is 4.52 Å². The number of aryl methyl sites for hydroxylation is 1. The Morgan fingerprint density at radius 3 is 2.80 bits per heavy atom. The Morgan fingerprint density at radius 1 is 1.53 bits per heavy atom. The zero-order chi connectivity index (χ0) is 11.3. The molecule has 0 saturated heterocycles. The van der Waals surface area contributed by atoms with Crippen molar-refractivity contribution in [2.24, 2.45) is 0 Å². The van der Waals surface area contributed by atoms with E-state index in [0.717, 1.165) is 11.5 Å². The summed E-state index contributed by atoms with van der Waals surface area (Å²) in [6, 6.07) is 1.80. The first-order valence-electron chi connectivity index (χ1n) is 4.93. The minimum atomic E-state index is -3.10. The van der Waals surface area contributed by atoms with Crippen LogP contribution in [0.1, 0.15) is 24.8 Å². The van der Waals surface area contributed by atoms with Crippen LogP contribution in [0, 0.1) is 6.92 Å². The summed E-state index contributed by atoms with van der Waals surface area (Å²) in [6.07, 6.45) is 1.18. The Kier molecular flexibility index (Phi) is 4.28. The second-order valence-corrected chi connectivity index (χ2v) is 5.32. The molecule has 6 heteroatoms. The summed E-state index contributed by atoms with van der Waals surface area (Å²) in [5.74, 6) is 0.909. The molecule has 1 rings (SSSR count). The molecule has 15 heavy (non-hydrogen) atoms. The number of nitrogens with one attached hydrogen (secondary N) is 1. The van der Waals surface area contributed by atoms with Gasteiger partial charge in [-0.1, -0.05) is 12.1 Å². The second kappa shape index (κ2) is 5.27. The van der Waals surface area contributed by atoms with Gasteiger partial charge in [-0.25, -0.2) is 13.1 Å². The van der Waals surface area contributed by atoms with Gasteiger partial charge in [0.15, 0.2) is 0 Å². The van der Waals surface area contributed by atoms with E-state index in [1.165, 1.54) is 0 Å². The van der Waals surface area contributed by atoms with Crippen LogP contribution in [0.15, 0.2) is 10.6 Å². The maximum Gasteiger partial charge on any atom is 0.211 e. The normalized spacial score (nSPS) is 11.9. The first-order chi connectivity index (χ1) is 7.03. The fourth-order valence-electron chi connectivity index (χ4n) is 1.21. The molecule has 0 spiro atoms. The summed E-state index contributed by atoms with van der Waals surface area (Å²) in [5.41, 5.74) is 0.770. The van der Waals surface area contributed by atoms with Gasteiger partial charge in [-0.3, -0.25) is 0 Å². The topological polar surface area (TPSA) is 72.2 Å². The summed E-state index contributed by atoms with van der Waals surface area (Å²) >= 11 is 0. The van der Waals surface area contributed by atoms with Crippen molar-refractivity contribution in [2.45, 2.75) is 26.7 Å². The maximum absolute atomic E-state index is 11.3. The van der Waals surface area contributed by atoms with E-state index in [4.69, 9.17) is 4.52 Å². The molecule has 0 aromatic carbocycles. The average Bonchev–Trinajstić information content (AvgIpc) is 2.51. The lowest BCUT2D eigenvalue weighted by Gasteiger charge is -2.03. The van der Waals surface area contributed by atoms with E-state index >= 15 is 0 Å². The third-order valence-electron chi connectivity index (χ3n) is 1.85. The Labute approximate surface area is 89.9 Å². The Morgan fingerprint density at radius 2 is 2.27 bits per heavy atom. The third kappa shape index (κ3) is 4.44. The lowest BCUT2D eigenvalue weighted by Crippen LogP contribution is -2.28.